The van der Waals surface area contributed by atoms with Gasteiger partial charge in [0.05, 0.1) is 19.9 Å². The molecule has 29 heavy (non-hydrogen) atoms. The summed E-state index contributed by atoms with van der Waals surface area (Å²) in [5.74, 6) is 1.88. The summed E-state index contributed by atoms with van der Waals surface area (Å²) in [6.07, 6.45) is 1.61. The number of anilines is 3. The maximum atomic E-state index is 12.8. The third-order valence-corrected chi connectivity index (χ3v) is 4.52. The highest BCUT2D eigenvalue weighted by atomic mass is 16.5. The fourth-order valence-corrected chi connectivity index (χ4v) is 3.00. The molecule has 0 saturated carbocycles. The number of para-hydroxylation sites is 1. The molecule has 3 rings (SSSR count). The molecule has 0 fully saturated rings. The van der Waals surface area contributed by atoms with Crippen molar-refractivity contribution in [3.8, 4) is 11.5 Å². The Kier molecular flexibility index (Phi) is 6.34. The molecule has 0 unspecified atom stereocenters. The minimum absolute atomic E-state index is 0.265. The Morgan fingerprint density at radius 3 is 2.48 bits per heavy atom. The second-order valence-electron chi connectivity index (χ2n) is 6.82. The zero-order valence-electron chi connectivity index (χ0n) is 17.0. The number of aromatic nitrogens is 1. The molecule has 0 aliphatic carbocycles. The van der Waals surface area contributed by atoms with Crippen LogP contribution < -0.4 is 20.1 Å². The topological polar surface area (TPSA) is 72.5 Å². The van der Waals surface area contributed by atoms with Crippen LogP contribution >= 0.6 is 0 Å². The van der Waals surface area contributed by atoms with E-state index in [1.54, 1.807) is 50.7 Å². The molecule has 1 amide bonds. The summed E-state index contributed by atoms with van der Waals surface area (Å²) < 4.78 is 10.6. The number of carbonyl (C=O) groups is 1. The Balaban J connectivity index is 1.82. The second kappa shape index (κ2) is 9.10. The fourth-order valence-electron chi connectivity index (χ4n) is 3.00. The van der Waals surface area contributed by atoms with Gasteiger partial charge >= 0.3 is 0 Å². The lowest BCUT2D eigenvalue weighted by Crippen LogP contribution is -2.13. The molecule has 150 valence electrons. The predicted octanol–water partition coefficient (Wildman–Crippen LogP) is 5.22. The Morgan fingerprint density at radius 2 is 1.76 bits per heavy atom. The SMILES string of the molecule is COc1ccc(OC)c(NC(=O)c2ccnc(Nc3ccccc3C(C)C)c2)c1. The number of methoxy groups -OCH3 is 2. The largest absolute Gasteiger partial charge is 0.497 e. The molecular weight excluding hydrogens is 366 g/mol. The van der Waals surface area contributed by atoms with E-state index in [1.807, 2.05) is 18.2 Å². The highest BCUT2D eigenvalue weighted by Gasteiger charge is 2.13. The van der Waals surface area contributed by atoms with Crippen molar-refractivity contribution < 1.29 is 14.3 Å². The van der Waals surface area contributed by atoms with Crippen LogP contribution in [0.2, 0.25) is 0 Å². The number of hydrogen-bond acceptors (Lipinski definition) is 5. The van der Waals surface area contributed by atoms with E-state index >= 15 is 0 Å². The Labute approximate surface area is 170 Å². The lowest BCUT2D eigenvalue weighted by Gasteiger charge is -2.15. The fraction of sp³-hybridized carbons (Fsp3) is 0.217. The van der Waals surface area contributed by atoms with Crippen molar-refractivity contribution >= 4 is 23.1 Å². The van der Waals surface area contributed by atoms with Crippen molar-refractivity contribution in [1.82, 2.24) is 4.98 Å². The van der Waals surface area contributed by atoms with Crippen molar-refractivity contribution in [3.05, 3.63) is 71.9 Å². The van der Waals surface area contributed by atoms with Gasteiger partial charge in [-0.3, -0.25) is 4.79 Å². The van der Waals surface area contributed by atoms with E-state index in [2.05, 4.69) is 35.5 Å². The third kappa shape index (κ3) is 4.85. The molecule has 3 aromatic rings. The smallest absolute Gasteiger partial charge is 0.255 e. The van der Waals surface area contributed by atoms with Gasteiger partial charge in [0.15, 0.2) is 0 Å². The lowest BCUT2D eigenvalue weighted by atomic mass is 10.0. The molecule has 0 aliphatic rings. The average Bonchev–Trinajstić information content (AvgIpc) is 2.74. The predicted molar refractivity (Wildman–Crippen MR) is 116 cm³/mol. The molecular formula is C23H25N3O3. The van der Waals surface area contributed by atoms with Gasteiger partial charge in [-0.25, -0.2) is 4.98 Å². The Bertz CT molecular complexity index is 1000. The summed E-state index contributed by atoms with van der Waals surface area (Å²) in [5, 5.41) is 6.19. The van der Waals surface area contributed by atoms with Crippen molar-refractivity contribution in [1.29, 1.82) is 0 Å². The van der Waals surface area contributed by atoms with E-state index in [9.17, 15) is 4.79 Å². The third-order valence-electron chi connectivity index (χ3n) is 4.52. The van der Waals surface area contributed by atoms with Gasteiger partial charge in [0.2, 0.25) is 0 Å². The molecule has 6 nitrogen and oxygen atoms in total. The normalized spacial score (nSPS) is 10.5. The van der Waals surface area contributed by atoms with Crippen LogP contribution in [0.5, 0.6) is 11.5 Å². The Morgan fingerprint density at radius 1 is 0.966 bits per heavy atom. The molecule has 2 N–H and O–H groups in total. The first-order valence-corrected chi connectivity index (χ1v) is 9.37. The minimum atomic E-state index is -0.265. The maximum absolute atomic E-state index is 12.8. The van der Waals surface area contributed by atoms with Crippen LogP contribution in [0, 0.1) is 0 Å². The van der Waals surface area contributed by atoms with Crippen LogP contribution in [0.3, 0.4) is 0 Å². The molecule has 0 radical (unpaired) electrons. The summed E-state index contributed by atoms with van der Waals surface area (Å²) in [6, 6.07) is 16.7. The molecule has 6 heteroatoms. The van der Waals surface area contributed by atoms with Crippen LogP contribution in [0.15, 0.2) is 60.8 Å². The molecule has 0 spiro atoms. The average molecular weight is 391 g/mol. The van der Waals surface area contributed by atoms with E-state index in [0.717, 1.165) is 5.69 Å². The van der Waals surface area contributed by atoms with E-state index in [-0.39, 0.29) is 5.91 Å². The molecule has 2 aromatic carbocycles. The van der Waals surface area contributed by atoms with Gasteiger partial charge in [0.25, 0.3) is 5.91 Å². The number of rotatable bonds is 7. The Hall–Kier alpha value is -3.54. The van der Waals surface area contributed by atoms with Crippen molar-refractivity contribution in [2.75, 3.05) is 24.9 Å². The van der Waals surface area contributed by atoms with Crippen LogP contribution in [-0.2, 0) is 0 Å². The van der Waals surface area contributed by atoms with Crippen molar-refractivity contribution in [2.24, 2.45) is 0 Å². The molecule has 0 saturated heterocycles. The number of nitrogens with one attached hydrogen (secondary N) is 2. The number of benzene rings is 2. The standard InChI is InChI=1S/C23H25N3O3/c1-15(2)18-7-5-6-8-19(18)25-22-13-16(11-12-24-22)23(27)26-20-14-17(28-3)9-10-21(20)29-4/h5-15H,1-4H3,(H,24,25)(H,26,27). The summed E-state index contributed by atoms with van der Waals surface area (Å²) in [5.41, 5.74) is 3.18. The van der Waals surface area contributed by atoms with E-state index in [1.165, 1.54) is 5.56 Å². The lowest BCUT2D eigenvalue weighted by molar-refractivity contribution is 0.102. The highest BCUT2D eigenvalue weighted by Crippen LogP contribution is 2.30. The number of hydrogen-bond donors (Lipinski definition) is 2. The highest BCUT2D eigenvalue weighted by molar-refractivity contribution is 6.05. The van der Waals surface area contributed by atoms with Gasteiger partial charge in [-0.2, -0.15) is 0 Å². The molecule has 1 aromatic heterocycles. The minimum Gasteiger partial charge on any atom is -0.497 e. The zero-order valence-corrected chi connectivity index (χ0v) is 17.0. The van der Waals surface area contributed by atoms with Crippen molar-refractivity contribution in [2.45, 2.75) is 19.8 Å². The zero-order chi connectivity index (χ0) is 20.8. The number of ether oxygens (including phenoxy) is 2. The number of pyridine rings is 1. The van der Waals surface area contributed by atoms with Gasteiger partial charge < -0.3 is 20.1 Å². The molecule has 0 bridgehead atoms. The first-order chi connectivity index (χ1) is 14.0. The molecule has 0 atom stereocenters. The van der Waals surface area contributed by atoms with E-state index in [4.69, 9.17) is 9.47 Å². The summed E-state index contributed by atoms with van der Waals surface area (Å²) in [6.45, 7) is 4.28. The van der Waals surface area contributed by atoms with Crippen LogP contribution in [0.25, 0.3) is 0 Å². The van der Waals surface area contributed by atoms with Gasteiger partial charge in [-0.05, 0) is 41.8 Å². The monoisotopic (exact) mass is 391 g/mol. The van der Waals surface area contributed by atoms with Crippen LogP contribution in [0.1, 0.15) is 35.7 Å². The van der Waals surface area contributed by atoms with Gasteiger partial charge in [-0.1, -0.05) is 32.0 Å². The quantitative estimate of drug-likeness (QED) is 0.578. The number of nitrogens with zero attached hydrogens (tertiary/aromatic N) is 1. The molecule has 0 aliphatic heterocycles. The van der Waals surface area contributed by atoms with E-state index < -0.39 is 0 Å². The summed E-state index contributed by atoms with van der Waals surface area (Å²) in [4.78, 5) is 17.1. The maximum Gasteiger partial charge on any atom is 0.255 e. The first-order valence-electron chi connectivity index (χ1n) is 9.37. The van der Waals surface area contributed by atoms with Crippen LogP contribution in [-0.4, -0.2) is 25.1 Å². The first kappa shape index (κ1) is 20.2. The summed E-state index contributed by atoms with van der Waals surface area (Å²) >= 11 is 0. The second-order valence-corrected chi connectivity index (χ2v) is 6.82. The number of amides is 1. The van der Waals surface area contributed by atoms with Gasteiger partial charge in [0.1, 0.15) is 17.3 Å². The van der Waals surface area contributed by atoms with Crippen molar-refractivity contribution in [3.63, 3.8) is 0 Å². The van der Waals surface area contributed by atoms with Gasteiger partial charge in [-0.15, -0.1) is 0 Å². The molecule has 1 heterocycles. The summed E-state index contributed by atoms with van der Waals surface area (Å²) in [7, 11) is 3.13. The van der Waals surface area contributed by atoms with E-state index in [0.29, 0.717) is 34.5 Å². The van der Waals surface area contributed by atoms with Gasteiger partial charge in [0, 0.05) is 23.5 Å². The number of carbonyl (C=O) groups excluding carboxylic acids is 1. The van der Waals surface area contributed by atoms with Crippen LogP contribution in [0.4, 0.5) is 17.2 Å².